The molecule has 0 radical (unpaired) electrons. The molecular weight excluding hydrogens is 560 g/mol. The molecule has 0 unspecified atom stereocenters. The van der Waals surface area contributed by atoms with E-state index in [-0.39, 0.29) is 12.1 Å². The fourth-order valence-electron chi connectivity index (χ4n) is 4.90. The Morgan fingerprint density at radius 2 is 1.57 bits per heavy atom. The van der Waals surface area contributed by atoms with E-state index >= 15 is 0 Å². The zero-order chi connectivity index (χ0) is 31.1. The van der Waals surface area contributed by atoms with Crippen LogP contribution in [0.15, 0.2) is 84.4 Å². The third-order valence-corrected chi connectivity index (χ3v) is 7.06. The first-order valence-electron chi connectivity index (χ1n) is 14.5. The van der Waals surface area contributed by atoms with Crippen LogP contribution in [-0.4, -0.2) is 43.1 Å². The standard InChI is InChI=1S/C35H34N2O7/c1-4-17-43-30-16-14-24(20-32(30)42-5-2)21-37-34(39)28(33(38)36-35(37)40)18-23-13-15-29(31(19-23)41-3)44-22-26-11-8-10-25-9-6-7-12-27(25)26/h6-16,18-20H,4-5,17,21-22H2,1-3H3,(H,36,38,40)/b28-18+. The summed E-state index contributed by atoms with van der Waals surface area (Å²) in [5.74, 6) is 0.564. The maximum Gasteiger partial charge on any atom is 0.331 e. The largest absolute Gasteiger partial charge is 0.493 e. The monoisotopic (exact) mass is 594 g/mol. The number of hydrogen-bond donors (Lipinski definition) is 1. The molecule has 9 nitrogen and oxygen atoms in total. The van der Waals surface area contributed by atoms with Crippen LogP contribution < -0.4 is 24.3 Å². The van der Waals surface area contributed by atoms with Gasteiger partial charge in [-0.1, -0.05) is 61.5 Å². The van der Waals surface area contributed by atoms with E-state index < -0.39 is 17.8 Å². The van der Waals surface area contributed by atoms with Crippen molar-refractivity contribution >= 4 is 34.7 Å². The fourth-order valence-corrected chi connectivity index (χ4v) is 4.90. The third kappa shape index (κ3) is 6.67. The van der Waals surface area contributed by atoms with Gasteiger partial charge in [0.15, 0.2) is 23.0 Å². The van der Waals surface area contributed by atoms with E-state index in [1.165, 1.54) is 13.2 Å². The molecular formula is C35H34N2O7. The summed E-state index contributed by atoms with van der Waals surface area (Å²) < 4.78 is 23.1. The third-order valence-electron chi connectivity index (χ3n) is 7.06. The minimum absolute atomic E-state index is 0.0618. The summed E-state index contributed by atoms with van der Waals surface area (Å²) in [6.07, 6.45) is 2.27. The van der Waals surface area contributed by atoms with E-state index in [2.05, 4.69) is 23.5 Å². The van der Waals surface area contributed by atoms with Crippen molar-refractivity contribution in [2.45, 2.75) is 33.4 Å². The summed E-state index contributed by atoms with van der Waals surface area (Å²) >= 11 is 0. The van der Waals surface area contributed by atoms with E-state index in [1.807, 2.05) is 38.1 Å². The summed E-state index contributed by atoms with van der Waals surface area (Å²) in [5.41, 5.74) is 2.03. The molecule has 5 rings (SSSR count). The number of amides is 4. The number of hydrogen-bond acceptors (Lipinski definition) is 7. The molecule has 226 valence electrons. The number of fused-ring (bicyclic) bond motifs is 1. The first-order chi connectivity index (χ1) is 21.4. The summed E-state index contributed by atoms with van der Waals surface area (Å²) in [7, 11) is 1.52. The lowest BCUT2D eigenvalue weighted by atomic mass is 10.1. The molecule has 1 saturated heterocycles. The van der Waals surface area contributed by atoms with Crippen LogP contribution >= 0.6 is 0 Å². The van der Waals surface area contributed by atoms with Gasteiger partial charge in [-0.05, 0) is 71.1 Å². The molecule has 44 heavy (non-hydrogen) atoms. The SMILES string of the molecule is CCCOc1ccc(CN2C(=O)NC(=O)/C(=C\c3ccc(OCc4cccc5ccccc45)c(OC)c3)C2=O)cc1OCC. The number of rotatable bonds is 12. The van der Waals surface area contributed by atoms with Crippen LogP contribution in [0.3, 0.4) is 0 Å². The van der Waals surface area contributed by atoms with E-state index in [0.717, 1.165) is 27.7 Å². The highest BCUT2D eigenvalue weighted by Crippen LogP contribution is 2.32. The molecule has 0 aliphatic carbocycles. The number of urea groups is 1. The second kappa shape index (κ2) is 13.8. The molecule has 1 aliphatic rings. The van der Waals surface area contributed by atoms with Crippen molar-refractivity contribution in [2.75, 3.05) is 20.3 Å². The average Bonchev–Trinajstić information content (AvgIpc) is 3.04. The van der Waals surface area contributed by atoms with Crippen LogP contribution in [0.25, 0.3) is 16.8 Å². The number of methoxy groups -OCH3 is 1. The predicted octanol–water partition coefficient (Wildman–Crippen LogP) is 6.28. The van der Waals surface area contributed by atoms with Gasteiger partial charge in [0.1, 0.15) is 12.2 Å². The highest BCUT2D eigenvalue weighted by Gasteiger charge is 2.36. The fraction of sp³-hybridized carbons (Fsp3) is 0.229. The minimum atomic E-state index is -0.795. The number of nitrogens with one attached hydrogen (secondary N) is 1. The second-order valence-corrected chi connectivity index (χ2v) is 10.1. The Hall–Kier alpha value is -5.31. The number of carbonyl (C=O) groups excluding carboxylic acids is 3. The lowest BCUT2D eigenvalue weighted by Gasteiger charge is -2.26. The first kappa shape index (κ1) is 30.2. The number of benzene rings is 4. The molecule has 0 aromatic heterocycles. The summed E-state index contributed by atoms with van der Waals surface area (Å²) in [4.78, 5) is 39.9. The molecule has 0 bridgehead atoms. The molecule has 4 aromatic rings. The van der Waals surface area contributed by atoms with Gasteiger partial charge < -0.3 is 18.9 Å². The van der Waals surface area contributed by atoms with Crippen molar-refractivity contribution in [1.29, 1.82) is 0 Å². The van der Waals surface area contributed by atoms with E-state index in [0.29, 0.717) is 53.9 Å². The van der Waals surface area contributed by atoms with Crippen LogP contribution in [0.5, 0.6) is 23.0 Å². The highest BCUT2D eigenvalue weighted by atomic mass is 16.5. The lowest BCUT2D eigenvalue weighted by molar-refractivity contribution is -0.130. The molecule has 1 heterocycles. The second-order valence-electron chi connectivity index (χ2n) is 10.1. The topological polar surface area (TPSA) is 103 Å². The smallest absolute Gasteiger partial charge is 0.331 e. The van der Waals surface area contributed by atoms with Crippen LogP contribution in [0.4, 0.5) is 4.79 Å². The number of ether oxygens (including phenoxy) is 4. The maximum atomic E-state index is 13.4. The van der Waals surface area contributed by atoms with Crippen LogP contribution in [0, 0.1) is 0 Å². The van der Waals surface area contributed by atoms with Gasteiger partial charge in [-0.25, -0.2) is 4.79 Å². The van der Waals surface area contributed by atoms with E-state index in [9.17, 15) is 14.4 Å². The van der Waals surface area contributed by atoms with Gasteiger partial charge in [0.25, 0.3) is 11.8 Å². The van der Waals surface area contributed by atoms with Gasteiger partial charge >= 0.3 is 6.03 Å². The molecule has 0 spiro atoms. The maximum absolute atomic E-state index is 13.4. The van der Waals surface area contributed by atoms with Crippen molar-refractivity contribution in [1.82, 2.24) is 10.2 Å². The molecule has 4 amide bonds. The molecule has 4 aromatic carbocycles. The summed E-state index contributed by atoms with van der Waals surface area (Å²) in [6, 6.07) is 23.7. The zero-order valence-electron chi connectivity index (χ0n) is 24.9. The van der Waals surface area contributed by atoms with E-state index in [1.54, 1.807) is 36.4 Å². The molecule has 0 saturated carbocycles. The van der Waals surface area contributed by atoms with Gasteiger partial charge in [0, 0.05) is 0 Å². The Morgan fingerprint density at radius 3 is 2.36 bits per heavy atom. The van der Waals surface area contributed by atoms with Gasteiger partial charge in [0.05, 0.1) is 26.9 Å². The van der Waals surface area contributed by atoms with Crippen molar-refractivity contribution in [2.24, 2.45) is 0 Å². The first-order valence-corrected chi connectivity index (χ1v) is 14.5. The molecule has 9 heteroatoms. The predicted molar refractivity (Wildman–Crippen MR) is 167 cm³/mol. The average molecular weight is 595 g/mol. The Balaban J connectivity index is 1.34. The van der Waals surface area contributed by atoms with Crippen molar-refractivity contribution in [3.8, 4) is 23.0 Å². The minimum Gasteiger partial charge on any atom is -0.493 e. The molecule has 1 N–H and O–H groups in total. The molecule has 1 aliphatic heterocycles. The van der Waals surface area contributed by atoms with Crippen LogP contribution in [-0.2, 0) is 22.7 Å². The number of carbonyl (C=O) groups is 3. The van der Waals surface area contributed by atoms with E-state index in [4.69, 9.17) is 18.9 Å². The number of imide groups is 2. The molecule has 0 atom stereocenters. The quantitative estimate of drug-likeness (QED) is 0.152. The van der Waals surface area contributed by atoms with Gasteiger partial charge in [0.2, 0.25) is 0 Å². The Morgan fingerprint density at radius 1 is 0.795 bits per heavy atom. The summed E-state index contributed by atoms with van der Waals surface area (Å²) in [5, 5.41) is 4.50. The summed E-state index contributed by atoms with van der Waals surface area (Å²) in [6.45, 7) is 5.09. The van der Waals surface area contributed by atoms with Crippen molar-refractivity contribution in [3.05, 3.63) is 101 Å². The Kier molecular flexibility index (Phi) is 9.44. The lowest BCUT2D eigenvalue weighted by Crippen LogP contribution is -2.53. The normalized spacial score (nSPS) is 14.1. The highest BCUT2D eigenvalue weighted by molar-refractivity contribution is 6.31. The van der Waals surface area contributed by atoms with Gasteiger partial charge in [-0.2, -0.15) is 0 Å². The zero-order valence-corrected chi connectivity index (χ0v) is 24.9. The van der Waals surface area contributed by atoms with Crippen LogP contribution in [0.1, 0.15) is 37.0 Å². The number of nitrogens with zero attached hydrogens (tertiary/aromatic N) is 1. The van der Waals surface area contributed by atoms with Gasteiger partial charge in [-0.15, -0.1) is 0 Å². The van der Waals surface area contributed by atoms with Crippen molar-refractivity contribution in [3.63, 3.8) is 0 Å². The Labute approximate surface area is 256 Å². The van der Waals surface area contributed by atoms with Gasteiger partial charge in [-0.3, -0.25) is 19.8 Å². The number of barbiturate groups is 1. The van der Waals surface area contributed by atoms with Crippen LogP contribution in [0.2, 0.25) is 0 Å². The Bertz CT molecular complexity index is 1720. The molecule has 1 fully saturated rings. The van der Waals surface area contributed by atoms with Crippen molar-refractivity contribution < 1.29 is 33.3 Å².